The second-order valence-corrected chi connectivity index (χ2v) is 10.5. The van der Waals surface area contributed by atoms with Gasteiger partial charge in [-0.2, -0.15) is 0 Å². The van der Waals surface area contributed by atoms with Gasteiger partial charge in [0.05, 0.1) is 4.70 Å². The second kappa shape index (κ2) is 9.53. The molecule has 2 heterocycles. The van der Waals surface area contributed by atoms with Gasteiger partial charge in [0, 0.05) is 17.8 Å². The van der Waals surface area contributed by atoms with E-state index in [9.17, 15) is 8.78 Å². The molecule has 0 aliphatic carbocycles. The summed E-state index contributed by atoms with van der Waals surface area (Å²) < 4.78 is 28.3. The lowest BCUT2D eigenvalue weighted by molar-refractivity contribution is 0.584. The molecule has 0 bridgehead atoms. The molecule has 186 valence electrons. The van der Waals surface area contributed by atoms with Gasteiger partial charge in [0.1, 0.15) is 16.6 Å². The van der Waals surface area contributed by atoms with Gasteiger partial charge in [0.15, 0.2) is 5.65 Å². The first-order chi connectivity index (χ1) is 19.1. The lowest BCUT2D eigenvalue weighted by Gasteiger charge is -2.09. The molecule has 0 spiro atoms. The Labute approximate surface area is 227 Å². The van der Waals surface area contributed by atoms with Crippen molar-refractivity contribution < 1.29 is 8.78 Å². The Morgan fingerprint density at radius 2 is 1.00 bits per heavy atom. The molecule has 0 saturated carbocycles. The van der Waals surface area contributed by atoms with Gasteiger partial charge >= 0.3 is 0 Å². The summed E-state index contributed by atoms with van der Waals surface area (Å²) in [6.07, 6.45) is 1.77. The van der Waals surface area contributed by atoms with Crippen LogP contribution in [-0.4, -0.2) is 9.97 Å². The van der Waals surface area contributed by atoms with Crippen LogP contribution in [0.25, 0.3) is 65.1 Å². The minimum absolute atomic E-state index is 0.523. The number of fused-ring (bicyclic) bond motifs is 2. The Morgan fingerprint density at radius 1 is 0.487 bits per heavy atom. The predicted molar refractivity (Wildman–Crippen MR) is 157 cm³/mol. The molecule has 2 nitrogen and oxygen atoms in total. The lowest BCUT2D eigenvalue weighted by Crippen LogP contribution is -1.85. The van der Waals surface area contributed by atoms with Gasteiger partial charge < -0.3 is 0 Å². The fraction of sp³-hybridized carbons (Fsp3) is 0. The number of benzene rings is 5. The van der Waals surface area contributed by atoms with Crippen LogP contribution in [0.5, 0.6) is 0 Å². The van der Waals surface area contributed by atoms with Crippen molar-refractivity contribution in [3.05, 3.63) is 133 Å². The Balaban J connectivity index is 1.14. The normalized spacial score (nSPS) is 11.3. The predicted octanol–water partition coefficient (Wildman–Crippen LogP) is 9.79. The first-order valence-electron chi connectivity index (χ1n) is 12.5. The molecule has 0 aliphatic rings. The van der Waals surface area contributed by atoms with E-state index in [1.807, 2.05) is 36.4 Å². The van der Waals surface area contributed by atoms with Gasteiger partial charge in [-0.05, 0) is 80.6 Å². The second-order valence-electron chi connectivity index (χ2n) is 9.43. The maximum Gasteiger partial charge on any atom is 0.170 e. The van der Waals surface area contributed by atoms with Crippen LogP contribution in [0.4, 0.5) is 8.78 Å². The van der Waals surface area contributed by atoms with Gasteiger partial charge in [0.2, 0.25) is 0 Å². The van der Waals surface area contributed by atoms with Crippen molar-refractivity contribution in [1.82, 2.24) is 9.97 Å². The SMILES string of the molecule is Fc1cc(F)cc(-c2ccc(-c3ccc4cc(-c5ccc(-c6nc7ncccc7s6)cc5)ccc4c3)cc2)c1. The van der Waals surface area contributed by atoms with E-state index in [4.69, 9.17) is 0 Å². The number of pyridine rings is 1. The number of halogens is 2. The highest BCUT2D eigenvalue weighted by atomic mass is 32.1. The van der Waals surface area contributed by atoms with Crippen LogP contribution in [0.1, 0.15) is 0 Å². The van der Waals surface area contributed by atoms with Crippen LogP contribution in [0.2, 0.25) is 0 Å². The quantitative estimate of drug-likeness (QED) is 0.228. The van der Waals surface area contributed by atoms with Crippen molar-refractivity contribution in [3.8, 4) is 44.0 Å². The van der Waals surface area contributed by atoms with E-state index in [1.165, 1.54) is 12.1 Å². The van der Waals surface area contributed by atoms with Crippen molar-refractivity contribution in [2.75, 3.05) is 0 Å². The van der Waals surface area contributed by atoms with Crippen LogP contribution < -0.4 is 0 Å². The molecule has 5 heteroatoms. The van der Waals surface area contributed by atoms with Crippen molar-refractivity contribution in [3.63, 3.8) is 0 Å². The highest BCUT2D eigenvalue weighted by Crippen LogP contribution is 2.33. The van der Waals surface area contributed by atoms with Crippen LogP contribution in [0.3, 0.4) is 0 Å². The molecule has 7 rings (SSSR count). The fourth-order valence-corrected chi connectivity index (χ4v) is 5.81. The van der Waals surface area contributed by atoms with Crippen LogP contribution in [0.15, 0.2) is 121 Å². The van der Waals surface area contributed by atoms with E-state index < -0.39 is 11.6 Å². The standard InChI is InChI=1S/C34H20F2N2S/c35-30-18-29(19-31(36)20-30)23-5-3-21(4-6-23)25-11-13-28-17-26(12-14-27(28)16-25)22-7-9-24(10-8-22)34-38-33-32(39-34)2-1-15-37-33/h1-20H. The average molecular weight is 527 g/mol. The lowest BCUT2D eigenvalue weighted by atomic mass is 9.96. The van der Waals surface area contributed by atoms with Crippen molar-refractivity contribution in [2.45, 2.75) is 0 Å². The van der Waals surface area contributed by atoms with Gasteiger partial charge in [-0.3, -0.25) is 0 Å². The molecule has 39 heavy (non-hydrogen) atoms. The van der Waals surface area contributed by atoms with Crippen molar-refractivity contribution in [2.24, 2.45) is 0 Å². The summed E-state index contributed by atoms with van der Waals surface area (Å²) in [5.41, 5.74) is 7.59. The third-order valence-electron chi connectivity index (χ3n) is 6.88. The summed E-state index contributed by atoms with van der Waals surface area (Å²) in [6, 6.07) is 36.7. The van der Waals surface area contributed by atoms with E-state index in [1.54, 1.807) is 17.5 Å². The zero-order valence-electron chi connectivity index (χ0n) is 20.6. The first kappa shape index (κ1) is 23.4. The summed E-state index contributed by atoms with van der Waals surface area (Å²) in [5.74, 6) is -1.16. The number of hydrogen-bond donors (Lipinski definition) is 0. The maximum atomic E-state index is 13.6. The number of nitrogens with zero attached hydrogens (tertiary/aromatic N) is 2. The Kier molecular flexibility index (Phi) is 5.71. The number of thiazole rings is 1. The minimum Gasteiger partial charge on any atom is -0.236 e. The van der Waals surface area contributed by atoms with Gasteiger partial charge in [-0.15, -0.1) is 11.3 Å². The molecule has 0 N–H and O–H groups in total. The highest BCUT2D eigenvalue weighted by Gasteiger charge is 2.09. The van der Waals surface area contributed by atoms with Crippen molar-refractivity contribution >= 4 is 32.5 Å². The van der Waals surface area contributed by atoms with E-state index in [0.717, 1.165) is 65.6 Å². The molecule has 0 atom stereocenters. The summed E-state index contributed by atoms with van der Waals surface area (Å²) in [4.78, 5) is 9.01. The highest BCUT2D eigenvalue weighted by molar-refractivity contribution is 7.21. The summed E-state index contributed by atoms with van der Waals surface area (Å²) in [7, 11) is 0. The van der Waals surface area contributed by atoms with Gasteiger partial charge in [-0.1, -0.05) is 72.8 Å². The third-order valence-corrected chi connectivity index (χ3v) is 7.94. The zero-order valence-corrected chi connectivity index (χ0v) is 21.4. The average Bonchev–Trinajstić information content (AvgIpc) is 3.41. The zero-order chi connectivity index (χ0) is 26.3. The van der Waals surface area contributed by atoms with Crippen molar-refractivity contribution in [1.29, 1.82) is 0 Å². The van der Waals surface area contributed by atoms with E-state index in [2.05, 4.69) is 70.6 Å². The molecule has 0 saturated heterocycles. The third kappa shape index (κ3) is 4.58. The van der Waals surface area contributed by atoms with Gasteiger partial charge in [-0.25, -0.2) is 18.7 Å². The van der Waals surface area contributed by atoms with Crippen LogP contribution >= 0.6 is 11.3 Å². The molecule has 0 amide bonds. The largest absolute Gasteiger partial charge is 0.236 e. The number of aromatic nitrogens is 2. The smallest absolute Gasteiger partial charge is 0.170 e. The molecule has 2 aromatic heterocycles. The summed E-state index contributed by atoms with van der Waals surface area (Å²) in [5, 5.41) is 3.27. The van der Waals surface area contributed by atoms with E-state index in [0.29, 0.717) is 5.56 Å². The Hall–Kier alpha value is -4.74. The Bertz CT molecular complexity index is 1920. The maximum absolute atomic E-state index is 13.6. The molecule has 7 aromatic rings. The molecular weight excluding hydrogens is 506 g/mol. The minimum atomic E-state index is -0.579. The number of hydrogen-bond acceptors (Lipinski definition) is 3. The molecule has 0 unspecified atom stereocenters. The topological polar surface area (TPSA) is 25.8 Å². The molecule has 0 aliphatic heterocycles. The monoisotopic (exact) mass is 526 g/mol. The molecule has 5 aromatic carbocycles. The fourth-order valence-electron chi connectivity index (χ4n) is 4.88. The van der Waals surface area contributed by atoms with Crippen LogP contribution in [0, 0.1) is 11.6 Å². The van der Waals surface area contributed by atoms with E-state index in [-0.39, 0.29) is 0 Å². The van der Waals surface area contributed by atoms with E-state index >= 15 is 0 Å². The first-order valence-corrected chi connectivity index (χ1v) is 13.3. The van der Waals surface area contributed by atoms with Crippen LogP contribution in [-0.2, 0) is 0 Å². The summed E-state index contributed by atoms with van der Waals surface area (Å²) in [6.45, 7) is 0. The summed E-state index contributed by atoms with van der Waals surface area (Å²) >= 11 is 1.65. The number of rotatable bonds is 4. The Morgan fingerprint density at radius 3 is 1.56 bits per heavy atom. The molecular formula is C34H20F2N2S. The molecule has 0 radical (unpaired) electrons. The van der Waals surface area contributed by atoms with Gasteiger partial charge in [0.25, 0.3) is 0 Å². The molecule has 0 fully saturated rings.